The topological polar surface area (TPSA) is 79.9 Å². The number of nitrogens with zero attached hydrogens (tertiary/aromatic N) is 1. The monoisotopic (exact) mass is 264 g/mol. The number of hydrogen-bond acceptors (Lipinski definition) is 4. The fraction of sp³-hybridized carbons (Fsp3) is 0.333. The summed E-state index contributed by atoms with van der Waals surface area (Å²) in [6.45, 7) is 0. The highest BCUT2D eigenvalue weighted by Gasteiger charge is 2.28. The first-order valence-electron chi connectivity index (χ1n) is 3.46. The molecule has 2 heterocycles. The van der Waals surface area contributed by atoms with E-state index in [0.717, 1.165) is 0 Å². The predicted octanol–water partition coefficient (Wildman–Crippen LogP) is -0.0392. The van der Waals surface area contributed by atoms with Gasteiger partial charge >= 0.3 is 0 Å². The first-order chi connectivity index (χ1) is 5.98. The average Bonchev–Trinajstić information content (AvgIpc) is 2.23. The Balaban J connectivity index is 2.72. The van der Waals surface area contributed by atoms with Crippen molar-refractivity contribution in [2.24, 2.45) is 0 Å². The van der Waals surface area contributed by atoms with E-state index in [1.165, 1.54) is 0 Å². The van der Waals surface area contributed by atoms with Crippen LogP contribution in [0.3, 0.4) is 0 Å². The fourth-order valence-corrected chi connectivity index (χ4v) is 3.15. The van der Waals surface area contributed by atoms with Crippen molar-refractivity contribution in [2.75, 3.05) is 0 Å². The SMILES string of the molecule is O=c1[nH]c(Br)nc2c1CS(=O)(=O)C2. The molecule has 0 bridgehead atoms. The highest BCUT2D eigenvalue weighted by atomic mass is 79.9. The summed E-state index contributed by atoms with van der Waals surface area (Å²) >= 11 is 2.99. The van der Waals surface area contributed by atoms with Gasteiger partial charge in [0.2, 0.25) is 0 Å². The van der Waals surface area contributed by atoms with Crippen LogP contribution >= 0.6 is 15.9 Å². The van der Waals surface area contributed by atoms with Gasteiger partial charge in [0.15, 0.2) is 14.6 Å². The third kappa shape index (κ3) is 1.53. The van der Waals surface area contributed by atoms with E-state index in [1.807, 2.05) is 0 Å². The Morgan fingerprint density at radius 1 is 1.38 bits per heavy atom. The Bertz CT molecular complexity index is 519. The maximum absolute atomic E-state index is 11.2. The number of H-pyrrole nitrogens is 1. The van der Waals surface area contributed by atoms with Crippen molar-refractivity contribution in [1.82, 2.24) is 9.97 Å². The summed E-state index contributed by atoms with van der Waals surface area (Å²) in [5.41, 5.74) is 0.247. The summed E-state index contributed by atoms with van der Waals surface area (Å²) < 4.78 is 22.6. The molecule has 0 spiro atoms. The zero-order chi connectivity index (χ0) is 9.64. The van der Waals surface area contributed by atoms with Crippen LogP contribution in [0.1, 0.15) is 11.3 Å². The molecular weight excluding hydrogens is 260 g/mol. The van der Waals surface area contributed by atoms with E-state index in [9.17, 15) is 13.2 Å². The third-order valence-corrected chi connectivity index (χ3v) is 3.61. The van der Waals surface area contributed by atoms with Gasteiger partial charge in [0.05, 0.1) is 22.8 Å². The molecule has 0 atom stereocenters. The quantitative estimate of drug-likeness (QED) is 0.667. The summed E-state index contributed by atoms with van der Waals surface area (Å²) in [7, 11) is -3.15. The standard InChI is InChI=1S/C6H5BrN2O3S/c7-6-8-4-2-13(11,12)1-3(4)5(10)9-6/h1-2H2,(H,8,9,10). The van der Waals surface area contributed by atoms with Gasteiger partial charge in [-0.2, -0.15) is 0 Å². The van der Waals surface area contributed by atoms with Crippen molar-refractivity contribution in [3.63, 3.8) is 0 Å². The van der Waals surface area contributed by atoms with E-state index in [0.29, 0.717) is 5.69 Å². The molecular formula is C6H5BrN2O3S. The number of sulfone groups is 1. The second-order valence-corrected chi connectivity index (χ2v) is 5.63. The van der Waals surface area contributed by atoms with Crippen LogP contribution in [-0.4, -0.2) is 18.4 Å². The number of aromatic nitrogens is 2. The smallest absolute Gasteiger partial charge is 0.256 e. The second kappa shape index (κ2) is 2.65. The summed E-state index contributed by atoms with van der Waals surface area (Å²) in [6, 6.07) is 0. The van der Waals surface area contributed by atoms with Crippen LogP contribution in [0.4, 0.5) is 0 Å². The molecule has 0 radical (unpaired) electrons. The van der Waals surface area contributed by atoms with Gasteiger partial charge in [-0.25, -0.2) is 13.4 Å². The van der Waals surface area contributed by atoms with Crippen LogP contribution in [0.15, 0.2) is 9.53 Å². The number of halogens is 1. The lowest BCUT2D eigenvalue weighted by molar-refractivity contribution is 0.597. The van der Waals surface area contributed by atoms with Crippen molar-refractivity contribution >= 4 is 25.8 Å². The van der Waals surface area contributed by atoms with E-state index >= 15 is 0 Å². The lowest BCUT2D eigenvalue weighted by Gasteiger charge is -1.94. The number of rotatable bonds is 0. The van der Waals surface area contributed by atoms with Crippen LogP contribution in [0.2, 0.25) is 0 Å². The maximum Gasteiger partial charge on any atom is 0.256 e. The average molecular weight is 265 g/mol. The Morgan fingerprint density at radius 2 is 2.08 bits per heavy atom. The van der Waals surface area contributed by atoms with Crippen molar-refractivity contribution in [3.8, 4) is 0 Å². The molecule has 0 fully saturated rings. The number of fused-ring (bicyclic) bond motifs is 1. The van der Waals surface area contributed by atoms with E-state index in [4.69, 9.17) is 0 Å². The van der Waals surface area contributed by atoms with Gasteiger partial charge in [0.1, 0.15) is 0 Å². The summed E-state index contributed by atoms with van der Waals surface area (Å²) in [5, 5.41) is 0. The van der Waals surface area contributed by atoms with E-state index in [1.54, 1.807) is 0 Å². The minimum absolute atomic E-state index is 0.134. The molecule has 1 aliphatic heterocycles. The largest absolute Gasteiger partial charge is 0.301 e. The first-order valence-corrected chi connectivity index (χ1v) is 6.07. The third-order valence-electron chi connectivity index (χ3n) is 1.79. The second-order valence-electron chi connectivity index (χ2n) is 2.81. The van der Waals surface area contributed by atoms with Gasteiger partial charge in [0, 0.05) is 0 Å². The number of aromatic amines is 1. The van der Waals surface area contributed by atoms with Gasteiger partial charge in [-0.1, -0.05) is 0 Å². The number of nitrogens with one attached hydrogen (secondary N) is 1. The van der Waals surface area contributed by atoms with Crippen LogP contribution < -0.4 is 5.56 Å². The fourth-order valence-electron chi connectivity index (χ4n) is 1.26. The van der Waals surface area contributed by atoms with Gasteiger partial charge in [-0.3, -0.25) is 4.79 Å². The molecule has 1 aromatic rings. The molecule has 0 amide bonds. The Kier molecular flexibility index (Phi) is 1.81. The molecule has 70 valence electrons. The summed E-state index contributed by atoms with van der Waals surface area (Å²) in [6.07, 6.45) is 0. The highest BCUT2D eigenvalue weighted by Crippen LogP contribution is 2.20. The molecule has 0 unspecified atom stereocenters. The first kappa shape index (κ1) is 8.89. The summed E-state index contributed by atoms with van der Waals surface area (Å²) in [5.74, 6) is -0.331. The van der Waals surface area contributed by atoms with Crippen molar-refractivity contribution in [1.29, 1.82) is 0 Å². The van der Waals surface area contributed by atoms with E-state index in [-0.39, 0.29) is 27.4 Å². The van der Waals surface area contributed by atoms with Gasteiger partial charge in [0.25, 0.3) is 5.56 Å². The van der Waals surface area contributed by atoms with Crippen molar-refractivity contribution in [3.05, 3.63) is 26.3 Å². The molecule has 0 saturated carbocycles. The Hall–Kier alpha value is -0.690. The van der Waals surface area contributed by atoms with E-state index in [2.05, 4.69) is 25.9 Å². The number of hydrogen-bond donors (Lipinski definition) is 1. The zero-order valence-electron chi connectivity index (χ0n) is 6.37. The van der Waals surface area contributed by atoms with Gasteiger partial charge < -0.3 is 4.98 Å². The maximum atomic E-state index is 11.2. The van der Waals surface area contributed by atoms with E-state index < -0.39 is 9.84 Å². The van der Waals surface area contributed by atoms with Crippen LogP contribution in [0.25, 0.3) is 0 Å². The molecule has 1 aliphatic rings. The van der Waals surface area contributed by atoms with Gasteiger partial charge in [-0.15, -0.1) is 0 Å². The predicted molar refractivity (Wildman–Crippen MR) is 48.9 cm³/mol. The Labute approximate surface area is 82.2 Å². The van der Waals surface area contributed by atoms with Gasteiger partial charge in [-0.05, 0) is 15.9 Å². The molecule has 0 aliphatic carbocycles. The molecule has 13 heavy (non-hydrogen) atoms. The molecule has 1 N–H and O–H groups in total. The minimum atomic E-state index is -3.15. The normalized spacial score (nSPS) is 18.5. The molecule has 0 aromatic carbocycles. The molecule has 5 nitrogen and oxygen atoms in total. The minimum Gasteiger partial charge on any atom is -0.301 e. The molecule has 0 saturated heterocycles. The highest BCUT2D eigenvalue weighted by molar-refractivity contribution is 9.10. The zero-order valence-corrected chi connectivity index (χ0v) is 8.77. The van der Waals surface area contributed by atoms with Crippen molar-refractivity contribution in [2.45, 2.75) is 11.5 Å². The molecule has 7 heteroatoms. The van der Waals surface area contributed by atoms with Crippen LogP contribution in [-0.2, 0) is 21.3 Å². The van der Waals surface area contributed by atoms with Crippen LogP contribution in [0, 0.1) is 0 Å². The van der Waals surface area contributed by atoms with Crippen LogP contribution in [0.5, 0.6) is 0 Å². The Morgan fingerprint density at radius 3 is 2.77 bits per heavy atom. The molecule has 2 rings (SSSR count). The summed E-state index contributed by atoms with van der Waals surface area (Å²) in [4.78, 5) is 17.5. The molecule has 1 aromatic heterocycles. The lowest BCUT2D eigenvalue weighted by Crippen LogP contribution is -2.14. The lowest BCUT2D eigenvalue weighted by atomic mass is 10.3. The van der Waals surface area contributed by atoms with Crippen molar-refractivity contribution < 1.29 is 8.42 Å².